The molecule has 0 aromatic rings. The predicted molar refractivity (Wildman–Crippen MR) is 181 cm³/mol. The summed E-state index contributed by atoms with van der Waals surface area (Å²) in [6.45, 7) is 6.41. The third-order valence-corrected chi connectivity index (χ3v) is 7.61. The first-order valence-electron chi connectivity index (χ1n) is 17.2. The number of nitrogens with one attached hydrogen (secondary N) is 2. The van der Waals surface area contributed by atoms with E-state index in [2.05, 4.69) is 17.6 Å². The normalized spacial score (nSPS) is 13.3. The average Bonchev–Trinajstić information content (AvgIpc) is 3.07. The maximum Gasteiger partial charge on any atom is 0.490 e. The quantitative estimate of drug-likeness (QED) is 0.0515. The highest BCUT2D eigenvalue weighted by atomic mass is 19.4. The van der Waals surface area contributed by atoms with Gasteiger partial charge in [0, 0.05) is 32.6 Å². The number of hydrogen-bond donors (Lipinski definition) is 8. The van der Waals surface area contributed by atoms with Crippen molar-refractivity contribution in [2.24, 2.45) is 23.3 Å². The van der Waals surface area contributed by atoms with Gasteiger partial charge in [-0.3, -0.25) is 24.0 Å². The van der Waals surface area contributed by atoms with Crippen molar-refractivity contribution in [2.45, 2.75) is 122 Å². The number of halogens is 6. The molecule has 0 rings (SSSR count). The summed E-state index contributed by atoms with van der Waals surface area (Å²) in [6.07, 6.45) is 1.54. The molecule has 0 spiro atoms. The van der Waals surface area contributed by atoms with E-state index >= 15 is 0 Å². The van der Waals surface area contributed by atoms with E-state index in [0.717, 1.165) is 19.3 Å². The van der Waals surface area contributed by atoms with Crippen LogP contribution in [0.3, 0.4) is 0 Å². The third kappa shape index (κ3) is 28.3. The summed E-state index contributed by atoms with van der Waals surface area (Å²) in [5, 5.41) is 37.6. The lowest BCUT2D eigenvalue weighted by Gasteiger charge is -2.24. The Morgan fingerprint density at radius 1 is 0.574 bits per heavy atom. The van der Waals surface area contributed by atoms with Gasteiger partial charge in [0.25, 0.3) is 0 Å². The fourth-order valence-electron chi connectivity index (χ4n) is 4.15. The molecule has 0 aliphatic carbocycles. The zero-order valence-electron chi connectivity index (χ0n) is 30.6. The number of alkyl halides is 6. The van der Waals surface area contributed by atoms with Crippen molar-refractivity contribution in [1.29, 1.82) is 0 Å². The Hall–Kier alpha value is -4.21. The summed E-state index contributed by atoms with van der Waals surface area (Å²) in [6, 6.07) is -2.59. The van der Waals surface area contributed by atoms with Crippen LogP contribution in [0.15, 0.2) is 0 Å². The van der Waals surface area contributed by atoms with Crippen molar-refractivity contribution in [3.05, 3.63) is 0 Å². The minimum Gasteiger partial charge on any atom is -0.480 e. The standard InChI is InChI=1S/C28H53N5O7.2C2HF3O2/c1-4-5-6-7-8-9-10-11-12-15-22(34)33(18-13-16-31-25(35)20(2)23(29)27(37)38)19-14-17-32-26(36)21(3)24(30)28(39)40;2*3-2(4,5)1(6)7/h20-21,23-24H,4-19,29-30H2,1-3H3,(H,31,35)(H,32,36)(H,37,38)(H,39,40);2*(H,6,7)/t20?,21?,23-,24-;;/m0../s1. The van der Waals surface area contributed by atoms with Crippen LogP contribution in [0.1, 0.15) is 97.8 Å². The first kappa shape index (κ1) is 54.1. The predicted octanol–water partition coefficient (Wildman–Crippen LogP) is 3.11. The summed E-state index contributed by atoms with van der Waals surface area (Å²) < 4.78 is 63.5. The van der Waals surface area contributed by atoms with Gasteiger partial charge in [-0.1, -0.05) is 72.1 Å². The first-order chi connectivity index (χ1) is 24.8. The molecule has 0 saturated carbocycles. The van der Waals surface area contributed by atoms with Gasteiger partial charge >= 0.3 is 36.2 Å². The van der Waals surface area contributed by atoms with Crippen LogP contribution in [0.25, 0.3) is 0 Å². The summed E-state index contributed by atoms with van der Waals surface area (Å²) >= 11 is 0. The van der Waals surface area contributed by atoms with Crippen molar-refractivity contribution >= 4 is 41.6 Å². The van der Waals surface area contributed by atoms with Gasteiger partial charge < -0.3 is 47.4 Å². The fraction of sp³-hybridized carbons (Fsp3) is 0.781. The number of rotatable bonds is 24. The number of hydrogen-bond acceptors (Lipinski definition) is 9. The highest BCUT2D eigenvalue weighted by Crippen LogP contribution is 2.14. The maximum atomic E-state index is 12.9. The molecule has 0 aliphatic heterocycles. The number of unbranched alkanes of at least 4 members (excludes halogenated alkanes) is 8. The molecule has 0 aromatic carbocycles. The van der Waals surface area contributed by atoms with E-state index in [4.69, 9.17) is 41.5 Å². The zero-order chi connectivity index (χ0) is 42.7. The topological polar surface area (TPSA) is 280 Å². The van der Waals surface area contributed by atoms with Gasteiger partial charge in [-0.2, -0.15) is 26.3 Å². The highest BCUT2D eigenvalue weighted by molar-refractivity contribution is 5.86. The molecular formula is C32H55F6N5O11. The molecular weight excluding hydrogens is 744 g/mol. The van der Waals surface area contributed by atoms with Gasteiger partial charge in [0.1, 0.15) is 12.1 Å². The zero-order valence-corrected chi connectivity index (χ0v) is 30.6. The van der Waals surface area contributed by atoms with E-state index < -0.39 is 72.0 Å². The molecule has 3 amide bonds. The van der Waals surface area contributed by atoms with Crippen LogP contribution in [0, 0.1) is 11.8 Å². The van der Waals surface area contributed by atoms with E-state index in [1.54, 1.807) is 4.90 Å². The van der Waals surface area contributed by atoms with Crippen molar-refractivity contribution in [3.63, 3.8) is 0 Å². The summed E-state index contributed by atoms with van der Waals surface area (Å²) in [4.78, 5) is 78.8. The lowest BCUT2D eigenvalue weighted by Crippen LogP contribution is -2.45. The molecule has 0 heterocycles. The Balaban J connectivity index is -0.00000155. The molecule has 22 heteroatoms. The van der Waals surface area contributed by atoms with Crippen LogP contribution >= 0.6 is 0 Å². The Bertz CT molecular complexity index is 1090. The molecule has 316 valence electrons. The second-order valence-corrected chi connectivity index (χ2v) is 12.2. The van der Waals surface area contributed by atoms with E-state index in [1.165, 1.54) is 52.4 Å². The largest absolute Gasteiger partial charge is 0.490 e. The molecule has 16 nitrogen and oxygen atoms in total. The molecule has 0 bridgehead atoms. The SMILES string of the molecule is CCCCCCCCCCCC(=O)N(CCCNC(=O)C(C)[C@H](N)C(=O)O)CCCNC(=O)C(C)[C@H](N)C(=O)O.O=C(O)C(F)(F)F.O=C(O)C(F)(F)F. The maximum absolute atomic E-state index is 12.9. The number of nitrogens with two attached hydrogens (primary N) is 2. The van der Waals surface area contributed by atoms with E-state index in [0.29, 0.717) is 32.4 Å². The lowest BCUT2D eigenvalue weighted by molar-refractivity contribution is -0.193. The second-order valence-electron chi connectivity index (χ2n) is 12.2. The Kier molecular flexibility index (Phi) is 29.3. The Morgan fingerprint density at radius 2 is 0.870 bits per heavy atom. The van der Waals surface area contributed by atoms with Gasteiger partial charge in [0.05, 0.1) is 11.8 Å². The third-order valence-electron chi connectivity index (χ3n) is 7.61. The Labute approximate surface area is 309 Å². The van der Waals surface area contributed by atoms with Gasteiger partial charge in [-0.15, -0.1) is 0 Å². The van der Waals surface area contributed by atoms with Crippen LogP contribution < -0.4 is 22.1 Å². The lowest BCUT2D eigenvalue weighted by atomic mass is 10.0. The molecule has 2 unspecified atom stereocenters. The van der Waals surface area contributed by atoms with Crippen LogP contribution in [0.4, 0.5) is 26.3 Å². The minimum absolute atomic E-state index is 0.00290. The van der Waals surface area contributed by atoms with Crippen molar-refractivity contribution < 1.29 is 80.3 Å². The van der Waals surface area contributed by atoms with Gasteiger partial charge in [-0.05, 0) is 19.3 Å². The number of carboxylic acids is 4. The van der Waals surface area contributed by atoms with E-state index in [-0.39, 0.29) is 19.0 Å². The number of carbonyl (C=O) groups is 7. The molecule has 10 N–H and O–H groups in total. The number of carboxylic acid groups (broad SMARTS) is 4. The second kappa shape index (κ2) is 29.2. The number of aliphatic carboxylic acids is 4. The Morgan fingerprint density at radius 3 is 1.15 bits per heavy atom. The fourth-order valence-corrected chi connectivity index (χ4v) is 4.15. The number of carbonyl (C=O) groups excluding carboxylic acids is 3. The minimum atomic E-state index is -5.08. The van der Waals surface area contributed by atoms with Crippen molar-refractivity contribution in [2.75, 3.05) is 26.2 Å². The molecule has 0 aliphatic rings. The average molecular weight is 800 g/mol. The van der Waals surface area contributed by atoms with Crippen LogP contribution in [0.2, 0.25) is 0 Å². The molecule has 4 atom stereocenters. The molecule has 54 heavy (non-hydrogen) atoms. The molecule has 0 fully saturated rings. The van der Waals surface area contributed by atoms with Gasteiger partial charge in [-0.25, -0.2) is 9.59 Å². The van der Waals surface area contributed by atoms with E-state index in [9.17, 15) is 50.3 Å². The van der Waals surface area contributed by atoms with Gasteiger partial charge in [0.15, 0.2) is 0 Å². The number of amides is 3. The molecule has 0 aromatic heterocycles. The summed E-state index contributed by atoms with van der Waals surface area (Å²) in [7, 11) is 0. The highest BCUT2D eigenvalue weighted by Gasteiger charge is 2.39. The van der Waals surface area contributed by atoms with Crippen LogP contribution in [0.5, 0.6) is 0 Å². The molecule has 0 radical (unpaired) electrons. The van der Waals surface area contributed by atoms with Crippen LogP contribution in [-0.4, -0.2) is 118 Å². The van der Waals surface area contributed by atoms with Crippen molar-refractivity contribution in [1.82, 2.24) is 15.5 Å². The van der Waals surface area contributed by atoms with Crippen molar-refractivity contribution in [3.8, 4) is 0 Å². The smallest absolute Gasteiger partial charge is 0.480 e. The summed E-state index contributed by atoms with van der Waals surface area (Å²) in [5.41, 5.74) is 11.0. The van der Waals surface area contributed by atoms with Crippen LogP contribution in [-0.2, 0) is 33.6 Å². The number of nitrogens with zero attached hydrogens (tertiary/aromatic N) is 1. The van der Waals surface area contributed by atoms with E-state index in [1.807, 2.05) is 0 Å². The first-order valence-corrected chi connectivity index (χ1v) is 17.2. The monoisotopic (exact) mass is 799 g/mol. The molecule has 0 saturated heterocycles. The van der Waals surface area contributed by atoms with Gasteiger partial charge in [0.2, 0.25) is 17.7 Å². The summed E-state index contributed by atoms with van der Waals surface area (Å²) in [5.74, 6) is -10.7.